The van der Waals surface area contributed by atoms with Crippen molar-refractivity contribution in [3.05, 3.63) is 24.3 Å². The van der Waals surface area contributed by atoms with E-state index in [0.29, 0.717) is 31.0 Å². The van der Waals surface area contributed by atoms with Gasteiger partial charge in [-0.3, -0.25) is 4.79 Å². The van der Waals surface area contributed by atoms with Crippen molar-refractivity contribution in [3.8, 4) is 0 Å². The predicted molar refractivity (Wildman–Crippen MR) is 132 cm³/mol. The molecule has 2 saturated heterocycles. The third-order valence-electron chi connectivity index (χ3n) is 7.43. The van der Waals surface area contributed by atoms with Crippen LogP contribution in [0.5, 0.6) is 0 Å². The number of rotatable bonds is 7. The van der Waals surface area contributed by atoms with E-state index < -0.39 is 0 Å². The first-order valence-electron chi connectivity index (χ1n) is 12.9. The van der Waals surface area contributed by atoms with Gasteiger partial charge in [-0.1, -0.05) is 18.9 Å². The molecule has 1 aromatic rings. The van der Waals surface area contributed by atoms with Crippen LogP contribution in [0.4, 0.5) is 16.2 Å². The molecule has 2 heterocycles. The number of amides is 2. The zero-order chi connectivity index (χ0) is 23.0. The quantitative estimate of drug-likeness (QED) is 0.637. The third kappa shape index (κ3) is 6.85. The summed E-state index contributed by atoms with van der Waals surface area (Å²) in [6.07, 6.45) is 9.59. The first kappa shape index (κ1) is 23.9. The van der Waals surface area contributed by atoms with Crippen LogP contribution in [0, 0.1) is 5.92 Å². The Morgan fingerprint density at radius 3 is 2.30 bits per heavy atom. The monoisotopic (exact) mass is 456 g/mol. The van der Waals surface area contributed by atoms with Crippen LogP contribution in [0.25, 0.3) is 0 Å². The minimum absolute atomic E-state index is 0.149. The summed E-state index contributed by atoms with van der Waals surface area (Å²) in [7, 11) is 0. The van der Waals surface area contributed by atoms with Crippen LogP contribution in [0.2, 0.25) is 0 Å². The van der Waals surface area contributed by atoms with Crippen molar-refractivity contribution >= 4 is 23.4 Å². The molecule has 2 N–H and O–H groups in total. The molecule has 0 unspecified atom stereocenters. The maximum Gasteiger partial charge on any atom is 0.409 e. The van der Waals surface area contributed by atoms with Crippen molar-refractivity contribution in [3.63, 3.8) is 0 Å². The second-order valence-corrected chi connectivity index (χ2v) is 9.84. The molecule has 0 radical (unpaired) electrons. The zero-order valence-electron chi connectivity index (χ0n) is 20.1. The average molecular weight is 457 g/mol. The summed E-state index contributed by atoms with van der Waals surface area (Å²) in [5.41, 5.74) is 2.10. The van der Waals surface area contributed by atoms with E-state index >= 15 is 0 Å². The summed E-state index contributed by atoms with van der Waals surface area (Å²) in [5, 5.41) is 6.95. The largest absolute Gasteiger partial charge is 0.450 e. The smallest absolute Gasteiger partial charge is 0.409 e. The summed E-state index contributed by atoms with van der Waals surface area (Å²) in [4.78, 5) is 28.5. The number of carbonyl (C=O) groups excluding carboxylic acids is 2. The van der Waals surface area contributed by atoms with Gasteiger partial charge in [-0.15, -0.1) is 0 Å². The van der Waals surface area contributed by atoms with Gasteiger partial charge in [0.05, 0.1) is 6.61 Å². The van der Waals surface area contributed by atoms with Crippen LogP contribution >= 0.6 is 0 Å². The zero-order valence-corrected chi connectivity index (χ0v) is 20.1. The van der Waals surface area contributed by atoms with Gasteiger partial charge >= 0.3 is 6.09 Å². The molecule has 2 aliphatic heterocycles. The number of nitrogens with one attached hydrogen (secondary N) is 2. The Morgan fingerprint density at radius 1 is 0.970 bits per heavy atom. The van der Waals surface area contributed by atoms with Crippen molar-refractivity contribution < 1.29 is 14.3 Å². The lowest BCUT2D eigenvalue weighted by molar-refractivity contribution is -0.117. The maximum absolute atomic E-state index is 12.4. The van der Waals surface area contributed by atoms with E-state index in [1.807, 2.05) is 24.0 Å². The highest BCUT2D eigenvalue weighted by molar-refractivity contribution is 5.91. The molecule has 7 heteroatoms. The van der Waals surface area contributed by atoms with Gasteiger partial charge in [0, 0.05) is 56.1 Å². The van der Waals surface area contributed by atoms with Crippen molar-refractivity contribution in [2.75, 3.05) is 43.0 Å². The highest BCUT2D eigenvalue weighted by Gasteiger charge is 2.27. The molecule has 3 fully saturated rings. The molecule has 4 rings (SSSR count). The number of ether oxygens (including phenoxy) is 1. The van der Waals surface area contributed by atoms with E-state index in [4.69, 9.17) is 4.74 Å². The molecule has 182 valence electrons. The Kier molecular flexibility index (Phi) is 8.48. The molecule has 2 amide bonds. The Hall–Kier alpha value is -2.28. The Balaban J connectivity index is 1.19. The first-order valence-corrected chi connectivity index (χ1v) is 12.9. The molecule has 33 heavy (non-hydrogen) atoms. The van der Waals surface area contributed by atoms with Crippen LogP contribution in [0.15, 0.2) is 24.3 Å². The molecular formula is C26H40N4O3. The van der Waals surface area contributed by atoms with E-state index in [1.54, 1.807) is 0 Å². The number of likely N-dealkylation sites (tertiary alicyclic amines) is 1. The molecule has 1 saturated carbocycles. The molecule has 0 spiro atoms. The Morgan fingerprint density at radius 2 is 1.64 bits per heavy atom. The van der Waals surface area contributed by atoms with E-state index in [-0.39, 0.29) is 12.0 Å². The van der Waals surface area contributed by atoms with Crippen LogP contribution in [-0.2, 0) is 9.53 Å². The van der Waals surface area contributed by atoms with Crippen molar-refractivity contribution in [1.29, 1.82) is 0 Å². The normalized spacial score (nSPS) is 20.8. The van der Waals surface area contributed by atoms with Gasteiger partial charge in [0.2, 0.25) is 5.91 Å². The lowest BCUT2D eigenvalue weighted by Gasteiger charge is -2.38. The Labute approximate surface area is 198 Å². The Bertz CT molecular complexity index is 779. The number of nitrogens with zero attached hydrogens (tertiary/aromatic N) is 2. The second-order valence-electron chi connectivity index (χ2n) is 9.84. The van der Waals surface area contributed by atoms with Crippen LogP contribution in [-0.4, -0.2) is 61.8 Å². The van der Waals surface area contributed by atoms with Gasteiger partial charge < -0.3 is 25.2 Å². The molecular weight excluding hydrogens is 416 g/mol. The van der Waals surface area contributed by atoms with Gasteiger partial charge in [0.25, 0.3) is 0 Å². The van der Waals surface area contributed by atoms with Crippen LogP contribution < -0.4 is 15.5 Å². The molecule has 0 bridgehead atoms. The highest BCUT2D eigenvalue weighted by atomic mass is 16.6. The number of hydrogen-bond donors (Lipinski definition) is 2. The van der Waals surface area contributed by atoms with E-state index in [9.17, 15) is 9.59 Å². The summed E-state index contributed by atoms with van der Waals surface area (Å²) < 4.78 is 5.12. The minimum atomic E-state index is -0.179. The summed E-state index contributed by atoms with van der Waals surface area (Å²) in [5.74, 6) is 0.716. The summed E-state index contributed by atoms with van der Waals surface area (Å²) >= 11 is 0. The summed E-state index contributed by atoms with van der Waals surface area (Å²) in [6.45, 7) is 5.86. The van der Waals surface area contributed by atoms with Gasteiger partial charge in [-0.25, -0.2) is 4.79 Å². The molecule has 0 aromatic heterocycles. The van der Waals surface area contributed by atoms with Gasteiger partial charge in [0.15, 0.2) is 0 Å². The fourth-order valence-corrected chi connectivity index (χ4v) is 5.55. The molecule has 7 nitrogen and oxygen atoms in total. The van der Waals surface area contributed by atoms with Gasteiger partial charge in [-0.05, 0) is 69.6 Å². The second kappa shape index (κ2) is 11.7. The number of carbonyl (C=O) groups is 2. The fraction of sp³-hybridized carbons (Fsp3) is 0.692. The van der Waals surface area contributed by atoms with Gasteiger partial charge in [-0.2, -0.15) is 0 Å². The van der Waals surface area contributed by atoms with E-state index in [1.165, 1.54) is 31.4 Å². The molecule has 3 aliphatic rings. The SMILES string of the molecule is CCOC(=O)N1CCC(NC2CCN(c3cccc(NC(=O)CC4CCCC4)c3)CC2)CC1. The van der Waals surface area contributed by atoms with E-state index in [2.05, 4.69) is 27.7 Å². The van der Waals surface area contributed by atoms with Crippen molar-refractivity contribution in [1.82, 2.24) is 10.2 Å². The standard InChI is InChI=1S/C26H40N4O3/c1-2-33-26(32)30-16-12-22(13-17-30)27-21-10-14-29(15-11-21)24-9-5-8-23(19-24)28-25(31)18-20-6-3-4-7-20/h5,8-9,19-22,27H,2-4,6-7,10-18H2,1H3,(H,28,31). The number of hydrogen-bond acceptors (Lipinski definition) is 5. The number of benzene rings is 1. The highest BCUT2D eigenvalue weighted by Crippen LogP contribution is 2.28. The van der Waals surface area contributed by atoms with Gasteiger partial charge in [0.1, 0.15) is 0 Å². The molecule has 1 aromatic carbocycles. The molecule has 1 aliphatic carbocycles. The first-order chi connectivity index (χ1) is 16.1. The van der Waals surface area contributed by atoms with Crippen molar-refractivity contribution in [2.24, 2.45) is 5.92 Å². The topological polar surface area (TPSA) is 73.9 Å². The van der Waals surface area contributed by atoms with Crippen LogP contribution in [0.3, 0.4) is 0 Å². The third-order valence-corrected chi connectivity index (χ3v) is 7.43. The number of piperidine rings is 2. The number of anilines is 2. The average Bonchev–Trinajstić information content (AvgIpc) is 3.33. The van der Waals surface area contributed by atoms with Crippen LogP contribution in [0.1, 0.15) is 64.7 Å². The molecule has 0 atom stereocenters. The lowest BCUT2D eigenvalue weighted by atomic mass is 9.99. The lowest BCUT2D eigenvalue weighted by Crippen LogP contribution is -2.50. The summed E-state index contributed by atoms with van der Waals surface area (Å²) in [6, 6.07) is 9.30. The minimum Gasteiger partial charge on any atom is -0.450 e. The van der Waals surface area contributed by atoms with E-state index in [0.717, 1.165) is 57.5 Å². The fourth-order valence-electron chi connectivity index (χ4n) is 5.55. The van der Waals surface area contributed by atoms with Crippen molar-refractivity contribution in [2.45, 2.75) is 76.8 Å². The predicted octanol–water partition coefficient (Wildman–Crippen LogP) is 4.38. The maximum atomic E-state index is 12.4.